The molecule has 0 spiro atoms. The fraction of sp³-hybridized carbons (Fsp3) is 0.833. The number of hydrogen-bond acceptors (Lipinski definition) is 9. The van der Waals surface area contributed by atoms with Gasteiger partial charge in [0.05, 0.1) is 11.7 Å². The maximum Gasteiger partial charge on any atom is 1.00 e. The van der Waals surface area contributed by atoms with Crippen molar-refractivity contribution in [2.45, 2.75) is 143 Å². The van der Waals surface area contributed by atoms with Crippen LogP contribution in [-0.4, -0.2) is 37.6 Å². The van der Waals surface area contributed by atoms with E-state index in [0.29, 0.717) is 35.3 Å². The van der Waals surface area contributed by atoms with Crippen molar-refractivity contribution in [3.8, 4) is 11.5 Å². The fourth-order valence-corrected chi connectivity index (χ4v) is 14.2. The molecule has 1 aliphatic heterocycles. The van der Waals surface area contributed by atoms with Gasteiger partial charge in [0.25, 0.3) is 20.8 Å². The first-order valence-corrected chi connectivity index (χ1v) is 20.4. The summed E-state index contributed by atoms with van der Waals surface area (Å²) in [5, 5.41) is 0. The van der Waals surface area contributed by atoms with E-state index in [9.17, 15) is 25.9 Å². The first-order valence-electron chi connectivity index (χ1n) is 17.7. The minimum absolute atomic E-state index is 0. The molecule has 13 heteroatoms. The molecule has 7 rings (SSSR count). The van der Waals surface area contributed by atoms with Gasteiger partial charge < -0.3 is 22.2 Å². The Balaban J connectivity index is 0.00000234. The van der Waals surface area contributed by atoms with Gasteiger partial charge in [0.2, 0.25) is 0 Å². The quantitative estimate of drug-likeness (QED) is 0.248. The van der Waals surface area contributed by atoms with E-state index in [0.717, 1.165) is 44.9 Å². The molecule has 10 atom stereocenters. The number of ether oxygens (including phenoxy) is 1. The molecule has 49 heavy (non-hydrogen) atoms. The molecule has 9 nitrogen and oxygen atoms in total. The summed E-state index contributed by atoms with van der Waals surface area (Å²) in [6, 6.07) is 2.49. The molecule has 6 aliphatic rings. The van der Waals surface area contributed by atoms with E-state index < -0.39 is 26.2 Å². The Kier molecular flexibility index (Phi) is 10.7. The third-order valence-electron chi connectivity index (χ3n) is 15.8. The third kappa shape index (κ3) is 6.28. The summed E-state index contributed by atoms with van der Waals surface area (Å²) in [5.41, 5.74) is 0.525. The average Bonchev–Trinajstić information content (AvgIpc) is 3.49. The average molecular weight is 739 g/mol. The fourth-order valence-electron chi connectivity index (χ4n) is 13.5. The van der Waals surface area contributed by atoms with Gasteiger partial charge in [-0.1, -0.05) is 48.0 Å². The van der Waals surface area contributed by atoms with Crippen molar-refractivity contribution in [1.82, 2.24) is 0 Å². The van der Waals surface area contributed by atoms with E-state index in [-0.39, 0.29) is 110 Å². The molecule has 4 saturated carbocycles. The Bertz CT molecular complexity index is 1700. The first kappa shape index (κ1) is 40.8. The molecule has 5 unspecified atom stereocenters. The van der Waals surface area contributed by atoms with Crippen LogP contribution < -0.4 is 67.5 Å². The maximum atomic E-state index is 11.8. The second-order valence-corrected chi connectivity index (χ2v) is 20.1. The summed E-state index contributed by atoms with van der Waals surface area (Å²) in [4.78, 5) is 0. The van der Waals surface area contributed by atoms with Crippen LogP contribution in [0, 0.1) is 45.3 Å². The smallest absolute Gasteiger partial charge is 0.716 e. The van der Waals surface area contributed by atoms with Gasteiger partial charge >= 0.3 is 59.1 Å². The van der Waals surface area contributed by atoms with Crippen molar-refractivity contribution in [3.63, 3.8) is 0 Å². The molecule has 1 heterocycles. The van der Waals surface area contributed by atoms with Crippen LogP contribution >= 0.6 is 0 Å². The van der Waals surface area contributed by atoms with Gasteiger partial charge in [-0.2, -0.15) is 0 Å². The molecule has 0 bridgehead atoms. The Labute approximate surface area is 338 Å². The van der Waals surface area contributed by atoms with Gasteiger partial charge in [-0.05, 0) is 135 Å². The minimum atomic E-state index is -5.10. The normalized spacial score (nSPS) is 43.7. The van der Waals surface area contributed by atoms with Crippen molar-refractivity contribution < 1.29 is 98.2 Å². The molecule has 0 N–H and O–H groups in total. The van der Waals surface area contributed by atoms with Crippen LogP contribution in [0.5, 0.6) is 11.5 Å². The molecule has 1 aromatic carbocycles. The van der Waals surface area contributed by atoms with Gasteiger partial charge in [0.15, 0.2) is 0 Å². The zero-order chi connectivity index (χ0) is 34.2. The van der Waals surface area contributed by atoms with Crippen molar-refractivity contribution in [2.75, 3.05) is 0 Å². The zero-order valence-corrected chi connectivity index (χ0v) is 36.7. The van der Waals surface area contributed by atoms with E-state index in [1.165, 1.54) is 37.8 Å². The number of rotatable bonds is 5. The molecular formula is C36H52Na2O9S2. The maximum absolute atomic E-state index is 11.8. The molecule has 5 aliphatic carbocycles. The molecule has 0 amide bonds. The van der Waals surface area contributed by atoms with E-state index in [2.05, 4.69) is 48.5 Å². The Morgan fingerprint density at radius 1 is 0.694 bits per heavy atom. The molecular weight excluding hydrogens is 687 g/mol. The summed E-state index contributed by atoms with van der Waals surface area (Å²) in [7, 11) is -10.2. The van der Waals surface area contributed by atoms with Gasteiger partial charge in [-0.15, -0.1) is 0 Å². The predicted molar refractivity (Wildman–Crippen MR) is 174 cm³/mol. The van der Waals surface area contributed by atoms with Gasteiger partial charge in [0.1, 0.15) is 11.5 Å². The van der Waals surface area contributed by atoms with Crippen LogP contribution in [-0.2, 0) is 37.4 Å². The molecule has 264 valence electrons. The summed E-state index contributed by atoms with van der Waals surface area (Å²) >= 11 is 0. The van der Waals surface area contributed by atoms with E-state index in [1.807, 2.05) is 0 Å². The number of fused-ring (bicyclic) bond motifs is 7. The molecule has 1 saturated heterocycles. The number of benzene rings is 1. The minimum Gasteiger partial charge on any atom is -0.716 e. The summed E-state index contributed by atoms with van der Waals surface area (Å²) in [5.74, 6) is 1.25. The van der Waals surface area contributed by atoms with Gasteiger partial charge in [0, 0.05) is 16.5 Å². The van der Waals surface area contributed by atoms with Crippen LogP contribution in [0.4, 0.5) is 0 Å². The van der Waals surface area contributed by atoms with Crippen molar-refractivity contribution in [3.05, 3.63) is 23.3 Å². The molecule has 5 fully saturated rings. The Morgan fingerprint density at radius 3 is 1.94 bits per heavy atom. The second kappa shape index (κ2) is 12.8. The van der Waals surface area contributed by atoms with E-state index in [4.69, 9.17) is 13.1 Å². The standard InChI is InChI=1S/C36H54O9S2.2Na/c1-31(2)15-8-16-36(7)27(31)13-19-35(6)29(43-36)14-20-34(35,5)24-12-17-32(3)23(24)11-18-33(4)28(32)21-22-25(44-46(37,38)39)9-10-26(30(22)33)45-47(40,41)42;;/h9-10,23-24,27-29H,8,11-21H2,1-7H3,(H,37,38,39)(H,40,41,42);;/q;2*+1/p-2/t23?,24?,27?,28?,29?,32-,33+,34-,35-,36+;;/m1../s1. The summed E-state index contributed by atoms with van der Waals surface area (Å²) in [6.07, 6.45) is 12.6. The monoisotopic (exact) mass is 738 g/mol. The van der Waals surface area contributed by atoms with Crippen LogP contribution in [0.25, 0.3) is 0 Å². The van der Waals surface area contributed by atoms with Crippen molar-refractivity contribution in [2.24, 2.45) is 45.3 Å². The second-order valence-electron chi connectivity index (χ2n) is 18.1. The molecule has 1 aromatic rings. The zero-order valence-electron chi connectivity index (χ0n) is 31.0. The Morgan fingerprint density at radius 2 is 1.29 bits per heavy atom. The van der Waals surface area contributed by atoms with E-state index >= 15 is 0 Å². The SMILES string of the molecule is CC1(C)CCC[C@]2(C)OC3CC[C@](C)(C4CC[C@]5(C)C4CC[C@]4(C)c6c(OS(=O)(=O)[O-])ccc(OS(=O)(=O)[O-])c6CC54)[C@]3(C)CCC12.[Na+].[Na+]. The van der Waals surface area contributed by atoms with Crippen LogP contribution in [0.3, 0.4) is 0 Å². The van der Waals surface area contributed by atoms with Crippen molar-refractivity contribution >= 4 is 20.8 Å². The topological polar surface area (TPSA) is 142 Å². The largest absolute Gasteiger partial charge is 1.00 e. The predicted octanol–water partition coefficient (Wildman–Crippen LogP) is 1.20. The van der Waals surface area contributed by atoms with Crippen LogP contribution in [0.15, 0.2) is 12.1 Å². The van der Waals surface area contributed by atoms with Gasteiger partial charge in [-0.3, -0.25) is 0 Å². The summed E-state index contributed by atoms with van der Waals surface area (Å²) in [6.45, 7) is 16.8. The summed E-state index contributed by atoms with van der Waals surface area (Å²) < 4.78 is 87.8. The molecule has 0 radical (unpaired) electrons. The third-order valence-corrected chi connectivity index (χ3v) is 16.5. The Hall–Kier alpha value is 0.600. The van der Waals surface area contributed by atoms with E-state index in [1.54, 1.807) is 0 Å². The number of hydrogen-bond donors (Lipinski definition) is 0. The van der Waals surface area contributed by atoms with Crippen molar-refractivity contribution in [1.29, 1.82) is 0 Å². The van der Waals surface area contributed by atoms with Crippen LogP contribution in [0.1, 0.15) is 130 Å². The first-order chi connectivity index (χ1) is 21.6. The van der Waals surface area contributed by atoms with Crippen LogP contribution in [0.2, 0.25) is 0 Å². The van der Waals surface area contributed by atoms with Gasteiger partial charge in [-0.25, -0.2) is 16.8 Å². The molecule has 0 aromatic heterocycles.